The molecule has 0 radical (unpaired) electrons. The SMILES string of the molecule is COc1nc(NC2CC(C)(NC(C)=O)C2)nn2ccc(-c3ccc4nccnc4c3)c12. The molecular weight excluding hydrogens is 394 g/mol. The van der Waals surface area contributed by atoms with Crippen LogP contribution >= 0.6 is 0 Å². The van der Waals surface area contributed by atoms with Gasteiger partial charge in [-0.2, -0.15) is 4.98 Å². The van der Waals surface area contributed by atoms with E-state index in [1.165, 1.54) is 0 Å². The maximum absolute atomic E-state index is 11.4. The van der Waals surface area contributed by atoms with Gasteiger partial charge in [-0.25, -0.2) is 4.52 Å². The topological polar surface area (TPSA) is 106 Å². The number of aromatic nitrogens is 5. The van der Waals surface area contributed by atoms with Gasteiger partial charge in [-0.05, 0) is 43.5 Å². The average molecular weight is 417 g/mol. The lowest BCUT2D eigenvalue weighted by Crippen LogP contribution is -2.59. The fraction of sp³-hybridized carbons (Fsp3) is 0.318. The maximum Gasteiger partial charge on any atom is 0.244 e. The van der Waals surface area contributed by atoms with Crippen molar-refractivity contribution in [2.45, 2.75) is 38.3 Å². The van der Waals surface area contributed by atoms with Crippen molar-refractivity contribution in [1.82, 2.24) is 29.9 Å². The fourth-order valence-electron chi connectivity index (χ4n) is 4.40. The third-order valence-electron chi connectivity index (χ3n) is 5.66. The summed E-state index contributed by atoms with van der Waals surface area (Å²) in [5.74, 6) is 0.964. The standard InChI is InChI=1S/C22H23N7O2/c1-13(30)27-22(2)11-15(12-22)25-21-26-20(31-3)19-16(6-9-29(19)28-21)14-4-5-17-18(10-14)24-8-7-23-17/h4-10,15H,11-12H2,1-3H3,(H,25,28)(H,27,30). The Balaban J connectivity index is 1.45. The number of carbonyl (C=O) groups is 1. The number of fused-ring (bicyclic) bond motifs is 2. The zero-order valence-corrected chi connectivity index (χ0v) is 17.6. The van der Waals surface area contributed by atoms with Crippen molar-refractivity contribution >= 4 is 28.4 Å². The molecule has 9 heteroatoms. The zero-order chi connectivity index (χ0) is 21.6. The summed E-state index contributed by atoms with van der Waals surface area (Å²) >= 11 is 0. The summed E-state index contributed by atoms with van der Waals surface area (Å²) in [7, 11) is 1.60. The second-order valence-electron chi connectivity index (χ2n) is 8.22. The number of nitrogens with one attached hydrogen (secondary N) is 2. The molecule has 31 heavy (non-hydrogen) atoms. The number of carbonyl (C=O) groups excluding carboxylic acids is 1. The molecule has 5 rings (SSSR count). The summed E-state index contributed by atoms with van der Waals surface area (Å²) in [5, 5.41) is 11.0. The van der Waals surface area contributed by atoms with Gasteiger partial charge in [0.05, 0.1) is 18.1 Å². The molecule has 1 aliphatic carbocycles. The first-order chi connectivity index (χ1) is 14.9. The lowest BCUT2D eigenvalue weighted by molar-refractivity contribution is -0.121. The molecule has 158 valence electrons. The minimum absolute atomic E-state index is 0.0140. The molecule has 1 saturated carbocycles. The minimum Gasteiger partial charge on any atom is -0.479 e. The van der Waals surface area contributed by atoms with E-state index in [0.717, 1.165) is 40.5 Å². The first-order valence-electron chi connectivity index (χ1n) is 10.1. The molecule has 0 unspecified atom stereocenters. The third-order valence-corrected chi connectivity index (χ3v) is 5.66. The lowest BCUT2D eigenvalue weighted by atomic mass is 9.74. The van der Waals surface area contributed by atoms with E-state index in [9.17, 15) is 4.79 Å². The molecule has 1 aliphatic rings. The Morgan fingerprint density at radius 3 is 2.71 bits per heavy atom. The predicted molar refractivity (Wildman–Crippen MR) is 117 cm³/mol. The Morgan fingerprint density at radius 2 is 1.97 bits per heavy atom. The molecule has 0 spiro atoms. The van der Waals surface area contributed by atoms with Gasteiger partial charge in [0.1, 0.15) is 5.52 Å². The molecule has 2 N–H and O–H groups in total. The largest absolute Gasteiger partial charge is 0.479 e. The van der Waals surface area contributed by atoms with Gasteiger partial charge in [-0.1, -0.05) is 6.07 Å². The molecule has 1 aromatic carbocycles. The van der Waals surface area contributed by atoms with Crippen LogP contribution in [0.1, 0.15) is 26.7 Å². The number of methoxy groups -OCH3 is 1. The normalized spacial score (nSPS) is 20.4. The summed E-state index contributed by atoms with van der Waals surface area (Å²) in [6, 6.07) is 8.14. The highest BCUT2D eigenvalue weighted by molar-refractivity contribution is 5.89. The van der Waals surface area contributed by atoms with E-state index in [-0.39, 0.29) is 17.5 Å². The monoisotopic (exact) mass is 417 g/mol. The summed E-state index contributed by atoms with van der Waals surface area (Å²) in [6.07, 6.45) is 6.88. The van der Waals surface area contributed by atoms with Gasteiger partial charge in [0.25, 0.3) is 0 Å². The Bertz CT molecular complexity index is 1290. The van der Waals surface area contributed by atoms with E-state index in [0.29, 0.717) is 11.8 Å². The second-order valence-corrected chi connectivity index (χ2v) is 8.22. The molecule has 4 aromatic rings. The summed E-state index contributed by atoms with van der Waals surface area (Å²) in [4.78, 5) is 24.7. The van der Waals surface area contributed by atoms with Gasteiger partial charge in [0, 0.05) is 42.7 Å². The van der Waals surface area contributed by atoms with Crippen LogP contribution in [0.15, 0.2) is 42.9 Å². The summed E-state index contributed by atoms with van der Waals surface area (Å²) in [6.45, 7) is 3.59. The molecule has 0 aliphatic heterocycles. The molecule has 3 aromatic heterocycles. The van der Waals surface area contributed by atoms with Crippen LogP contribution in [0.4, 0.5) is 5.95 Å². The molecule has 0 bridgehead atoms. The molecule has 0 saturated heterocycles. The molecule has 1 fully saturated rings. The number of benzene rings is 1. The van der Waals surface area contributed by atoms with Crippen LogP contribution in [0.5, 0.6) is 5.88 Å². The fourth-order valence-corrected chi connectivity index (χ4v) is 4.40. The highest BCUT2D eigenvalue weighted by Gasteiger charge is 2.41. The Hall–Kier alpha value is -3.75. The Kier molecular flexibility index (Phi) is 4.46. The van der Waals surface area contributed by atoms with Crippen molar-refractivity contribution in [3.8, 4) is 17.0 Å². The van der Waals surface area contributed by atoms with Gasteiger partial charge in [0.2, 0.25) is 17.7 Å². The maximum atomic E-state index is 11.4. The quantitative estimate of drug-likeness (QED) is 0.514. The summed E-state index contributed by atoms with van der Waals surface area (Å²) in [5.41, 5.74) is 4.21. The van der Waals surface area contributed by atoms with Crippen LogP contribution in [0.25, 0.3) is 27.7 Å². The molecule has 9 nitrogen and oxygen atoms in total. The second kappa shape index (κ2) is 7.19. The van der Waals surface area contributed by atoms with E-state index in [1.807, 2.05) is 37.4 Å². The number of rotatable bonds is 5. The van der Waals surface area contributed by atoms with Crippen LogP contribution in [0.3, 0.4) is 0 Å². The molecular formula is C22H23N7O2. The first-order valence-corrected chi connectivity index (χ1v) is 10.1. The number of hydrogen-bond donors (Lipinski definition) is 2. The lowest BCUT2D eigenvalue weighted by Gasteiger charge is -2.45. The van der Waals surface area contributed by atoms with Crippen molar-refractivity contribution in [3.05, 3.63) is 42.9 Å². The number of nitrogens with zero attached hydrogens (tertiary/aromatic N) is 5. The van der Waals surface area contributed by atoms with Gasteiger partial charge in [0.15, 0.2) is 0 Å². The van der Waals surface area contributed by atoms with E-state index < -0.39 is 0 Å². The molecule has 0 atom stereocenters. The van der Waals surface area contributed by atoms with Gasteiger partial charge < -0.3 is 15.4 Å². The molecule has 1 amide bonds. The molecule has 3 heterocycles. The van der Waals surface area contributed by atoms with E-state index in [2.05, 4.69) is 30.7 Å². The Morgan fingerprint density at radius 1 is 1.19 bits per heavy atom. The van der Waals surface area contributed by atoms with Crippen LogP contribution < -0.4 is 15.4 Å². The van der Waals surface area contributed by atoms with Gasteiger partial charge in [-0.3, -0.25) is 14.8 Å². The number of anilines is 1. The van der Waals surface area contributed by atoms with Crippen LogP contribution in [-0.2, 0) is 4.79 Å². The van der Waals surface area contributed by atoms with E-state index in [1.54, 1.807) is 30.9 Å². The third kappa shape index (κ3) is 3.52. The van der Waals surface area contributed by atoms with Gasteiger partial charge >= 0.3 is 0 Å². The van der Waals surface area contributed by atoms with Crippen molar-refractivity contribution in [3.63, 3.8) is 0 Å². The number of ether oxygens (including phenoxy) is 1. The number of amides is 1. The number of hydrogen-bond acceptors (Lipinski definition) is 7. The van der Waals surface area contributed by atoms with E-state index >= 15 is 0 Å². The van der Waals surface area contributed by atoms with Crippen molar-refractivity contribution in [2.75, 3.05) is 12.4 Å². The van der Waals surface area contributed by atoms with Crippen molar-refractivity contribution < 1.29 is 9.53 Å². The van der Waals surface area contributed by atoms with Gasteiger partial charge in [-0.15, -0.1) is 5.10 Å². The summed E-state index contributed by atoms with van der Waals surface area (Å²) < 4.78 is 7.38. The minimum atomic E-state index is -0.183. The van der Waals surface area contributed by atoms with E-state index in [4.69, 9.17) is 4.74 Å². The highest BCUT2D eigenvalue weighted by Crippen LogP contribution is 2.35. The Labute approximate surface area is 178 Å². The average Bonchev–Trinajstić information content (AvgIpc) is 3.15. The highest BCUT2D eigenvalue weighted by atomic mass is 16.5. The zero-order valence-electron chi connectivity index (χ0n) is 17.6. The van der Waals surface area contributed by atoms with Crippen molar-refractivity contribution in [1.29, 1.82) is 0 Å². The smallest absolute Gasteiger partial charge is 0.244 e. The van der Waals surface area contributed by atoms with Crippen LogP contribution in [0, 0.1) is 0 Å². The van der Waals surface area contributed by atoms with Crippen LogP contribution in [-0.4, -0.2) is 49.2 Å². The first kappa shape index (κ1) is 19.2. The van der Waals surface area contributed by atoms with Crippen molar-refractivity contribution in [2.24, 2.45) is 0 Å². The van der Waals surface area contributed by atoms with Crippen LogP contribution in [0.2, 0.25) is 0 Å². The predicted octanol–water partition coefficient (Wildman–Crippen LogP) is 2.82.